The van der Waals surface area contributed by atoms with Crippen LogP contribution in [0.3, 0.4) is 0 Å². The standard InChI is InChI=1S/C9H10N4O2/c10-5-1-2-6-7(3-5)15-9(13-6)12-4-8(11)14/h1-3H,4,10H2,(H2,11,14)(H,12,13). The van der Waals surface area contributed by atoms with Crippen LogP contribution < -0.4 is 16.8 Å². The number of carbonyl (C=O) groups is 1. The molecule has 0 aliphatic rings. The van der Waals surface area contributed by atoms with Crippen LogP contribution in [-0.4, -0.2) is 17.4 Å². The molecule has 0 spiro atoms. The number of nitrogens with two attached hydrogens (primary N) is 2. The minimum absolute atomic E-state index is 0.0116. The number of carbonyl (C=O) groups excluding carboxylic acids is 1. The normalized spacial score (nSPS) is 10.4. The quantitative estimate of drug-likeness (QED) is 0.626. The van der Waals surface area contributed by atoms with Crippen molar-refractivity contribution in [2.24, 2.45) is 5.73 Å². The summed E-state index contributed by atoms with van der Waals surface area (Å²) in [7, 11) is 0. The van der Waals surface area contributed by atoms with E-state index in [1.165, 1.54) is 0 Å². The van der Waals surface area contributed by atoms with Crippen molar-refractivity contribution >= 4 is 28.7 Å². The number of hydrogen-bond donors (Lipinski definition) is 3. The van der Waals surface area contributed by atoms with E-state index < -0.39 is 5.91 Å². The van der Waals surface area contributed by atoms with Crippen LogP contribution in [0.2, 0.25) is 0 Å². The first-order valence-electron chi connectivity index (χ1n) is 4.33. The summed E-state index contributed by atoms with van der Waals surface area (Å²) in [6.45, 7) is -0.0116. The van der Waals surface area contributed by atoms with E-state index in [-0.39, 0.29) is 12.6 Å². The second kappa shape index (κ2) is 3.49. The Morgan fingerprint density at radius 1 is 1.53 bits per heavy atom. The van der Waals surface area contributed by atoms with Crippen molar-refractivity contribution in [2.75, 3.05) is 17.6 Å². The Hall–Kier alpha value is -2.24. The summed E-state index contributed by atoms with van der Waals surface area (Å²) < 4.78 is 5.29. The third-order valence-electron chi connectivity index (χ3n) is 1.83. The van der Waals surface area contributed by atoms with E-state index in [1.807, 2.05) is 0 Å². The van der Waals surface area contributed by atoms with Gasteiger partial charge in [-0.3, -0.25) is 4.79 Å². The molecule has 0 fully saturated rings. The average molecular weight is 206 g/mol. The van der Waals surface area contributed by atoms with E-state index in [9.17, 15) is 4.79 Å². The lowest BCUT2D eigenvalue weighted by molar-refractivity contribution is -0.116. The molecule has 2 rings (SSSR count). The maximum Gasteiger partial charge on any atom is 0.296 e. The molecule has 0 aliphatic carbocycles. The Labute approximate surface area is 85.2 Å². The number of rotatable bonds is 3. The van der Waals surface area contributed by atoms with Crippen LogP contribution in [0.15, 0.2) is 22.6 Å². The number of primary amides is 1. The van der Waals surface area contributed by atoms with Crippen LogP contribution in [0.1, 0.15) is 0 Å². The van der Waals surface area contributed by atoms with E-state index >= 15 is 0 Å². The fourth-order valence-corrected chi connectivity index (χ4v) is 1.18. The second-order valence-electron chi connectivity index (χ2n) is 3.07. The number of amides is 1. The molecule has 6 nitrogen and oxygen atoms in total. The molecule has 0 bridgehead atoms. The molecule has 2 aromatic rings. The topological polar surface area (TPSA) is 107 Å². The lowest BCUT2D eigenvalue weighted by Crippen LogP contribution is -2.21. The summed E-state index contributed by atoms with van der Waals surface area (Å²) in [4.78, 5) is 14.6. The van der Waals surface area contributed by atoms with Gasteiger partial charge in [0.05, 0.1) is 6.54 Å². The number of nitrogens with one attached hydrogen (secondary N) is 1. The number of nitrogens with zero attached hydrogens (tertiary/aromatic N) is 1. The van der Waals surface area contributed by atoms with Gasteiger partial charge in [-0.1, -0.05) is 0 Å². The first kappa shape index (κ1) is 9.32. The zero-order chi connectivity index (χ0) is 10.8. The Morgan fingerprint density at radius 3 is 3.07 bits per heavy atom. The van der Waals surface area contributed by atoms with Crippen molar-refractivity contribution in [2.45, 2.75) is 0 Å². The molecule has 0 aliphatic heterocycles. The molecule has 1 amide bonds. The monoisotopic (exact) mass is 206 g/mol. The van der Waals surface area contributed by atoms with Gasteiger partial charge in [0.15, 0.2) is 5.58 Å². The Morgan fingerprint density at radius 2 is 2.33 bits per heavy atom. The summed E-state index contributed by atoms with van der Waals surface area (Å²) in [6.07, 6.45) is 0. The number of fused-ring (bicyclic) bond motifs is 1. The van der Waals surface area contributed by atoms with E-state index in [4.69, 9.17) is 15.9 Å². The van der Waals surface area contributed by atoms with E-state index in [0.29, 0.717) is 16.8 Å². The molecule has 0 unspecified atom stereocenters. The van der Waals surface area contributed by atoms with Crippen LogP contribution in [0.4, 0.5) is 11.7 Å². The summed E-state index contributed by atoms with van der Waals surface area (Å²) in [6, 6.07) is 5.39. The molecule has 0 saturated heterocycles. The third-order valence-corrected chi connectivity index (χ3v) is 1.83. The molecule has 1 aromatic heterocycles. The third kappa shape index (κ3) is 1.98. The van der Waals surface area contributed by atoms with Crippen LogP contribution in [0.5, 0.6) is 0 Å². The van der Waals surface area contributed by atoms with Gasteiger partial charge in [0.1, 0.15) is 5.52 Å². The molecule has 6 heteroatoms. The van der Waals surface area contributed by atoms with Crippen molar-refractivity contribution in [3.63, 3.8) is 0 Å². The first-order valence-corrected chi connectivity index (χ1v) is 4.33. The number of anilines is 2. The predicted molar refractivity (Wildman–Crippen MR) is 56.1 cm³/mol. The number of nitrogen functional groups attached to an aromatic ring is 1. The molecule has 15 heavy (non-hydrogen) atoms. The smallest absolute Gasteiger partial charge is 0.296 e. The van der Waals surface area contributed by atoms with Crippen LogP contribution >= 0.6 is 0 Å². The maximum atomic E-state index is 10.5. The molecular formula is C9H10N4O2. The van der Waals surface area contributed by atoms with Gasteiger partial charge >= 0.3 is 0 Å². The van der Waals surface area contributed by atoms with Gasteiger partial charge in [0.25, 0.3) is 6.01 Å². The molecule has 1 heterocycles. The fourth-order valence-electron chi connectivity index (χ4n) is 1.18. The van der Waals surface area contributed by atoms with Crippen molar-refractivity contribution in [3.8, 4) is 0 Å². The van der Waals surface area contributed by atoms with Crippen molar-refractivity contribution in [1.82, 2.24) is 4.98 Å². The van der Waals surface area contributed by atoms with Gasteiger partial charge in [0.2, 0.25) is 5.91 Å². The lowest BCUT2D eigenvalue weighted by Gasteiger charge is -1.94. The zero-order valence-corrected chi connectivity index (χ0v) is 7.86. The number of benzene rings is 1. The van der Waals surface area contributed by atoms with Crippen molar-refractivity contribution in [3.05, 3.63) is 18.2 Å². The second-order valence-corrected chi connectivity index (χ2v) is 3.07. The van der Waals surface area contributed by atoms with Crippen molar-refractivity contribution < 1.29 is 9.21 Å². The van der Waals surface area contributed by atoms with Gasteiger partial charge in [-0.25, -0.2) is 0 Å². The molecule has 0 atom stereocenters. The number of hydrogen-bond acceptors (Lipinski definition) is 5. The predicted octanol–water partition coefficient (Wildman–Crippen LogP) is 0.307. The summed E-state index contributed by atoms with van der Waals surface area (Å²) >= 11 is 0. The molecule has 1 aromatic carbocycles. The minimum atomic E-state index is -0.475. The van der Waals surface area contributed by atoms with Gasteiger partial charge < -0.3 is 21.2 Å². The highest BCUT2D eigenvalue weighted by Gasteiger charge is 2.05. The lowest BCUT2D eigenvalue weighted by atomic mass is 10.3. The summed E-state index contributed by atoms with van der Waals surface area (Å²) in [5.74, 6) is -0.475. The van der Waals surface area contributed by atoms with Gasteiger partial charge in [-0.2, -0.15) is 4.98 Å². The van der Waals surface area contributed by atoms with Crippen LogP contribution in [0.25, 0.3) is 11.1 Å². The number of aromatic nitrogens is 1. The van der Waals surface area contributed by atoms with Gasteiger partial charge in [0, 0.05) is 11.8 Å². The number of oxazole rings is 1. The van der Waals surface area contributed by atoms with Gasteiger partial charge in [-0.15, -0.1) is 0 Å². The molecule has 0 saturated carbocycles. The van der Waals surface area contributed by atoms with Crippen LogP contribution in [0, 0.1) is 0 Å². The highest BCUT2D eigenvalue weighted by molar-refractivity contribution is 5.80. The van der Waals surface area contributed by atoms with Gasteiger partial charge in [-0.05, 0) is 12.1 Å². The van der Waals surface area contributed by atoms with E-state index in [2.05, 4.69) is 10.3 Å². The maximum absolute atomic E-state index is 10.5. The highest BCUT2D eigenvalue weighted by Crippen LogP contribution is 2.20. The van der Waals surface area contributed by atoms with Crippen molar-refractivity contribution in [1.29, 1.82) is 0 Å². The molecular weight excluding hydrogens is 196 g/mol. The Kier molecular flexibility index (Phi) is 2.17. The first-order chi connectivity index (χ1) is 7.15. The fraction of sp³-hybridized carbons (Fsp3) is 0.111. The molecule has 5 N–H and O–H groups in total. The van der Waals surface area contributed by atoms with E-state index in [0.717, 1.165) is 0 Å². The SMILES string of the molecule is NC(=O)CNc1nc2ccc(N)cc2o1. The summed E-state index contributed by atoms with van der Waals surface area (Å²) in [5.41, 5.74) is 12.4. The average Bonchev–Trinajstić information content (AvgIpc) is 2.56. The largest absolute Gasteiger partial charge is 0.423 e. The van der Waals surface area contributed by atoms with E-state index in [1.54, 1.807) is 18.2 Å². The Bertz CT molecular complexity index is 506. The Balaban J connectivity index is 2.27. The zero-order valence-electron chi connectivity index (χ0n) is 7.86. The summed E-state index contributed by atoms with van der Waals surface area (Å²) in [5, 5.41) is 2.66. The molecule has 0 radical (unpaired) electrons. The molecule has 78 valence electrons. The minimum Gasteiger partial charge on any atom is -0.423 e. The van der Waals surface area contributed by atoms with Crippen LogP contribution in [-0.2, 0) is 4.79 Å². The highest BCUT2D eigenvalue weighted by atomic mass is 16.4.